The van der Waals surface area contributed by atoms with Gasteiger partial charge in [0.25, 0.3) is 0 Å². The Morgan fingerprint density at radius 2 is 2.09 bits per heavy atom. The molecular formula is C23H23F3N6OS. The smallest absolute Gasteiger partial charge is 0.315 e. The van der Waals surface area contributed by atoms with Gasteiger partial charge in [-0.25, -0.2) is 0 Å². The Kier molecular flexibility index (Phi) is 6.20. The first kappa shape index (κ1) is 23.9. The number of halogens is 3. The van der Waals surface area contributed by atoms with Gasteiger partial charge in [0.2, 0.25) is 11.7 Å². The predicted octanol–water partition coefficient (Wildman–Crippen LogP) is 5.08. The molecule has 2 heterocycles. The molecule has 178 valence electrons. The second-order valence-electron chi connectivity index (χ2n) is 9.40. The second kappa shape index (κ2) is 8.83. The highest BCUT2D eigenvalue weighted by molar-refractivity contribution is 7.16. The number of aromatic nitrogens is 4. The second-order valence-corrected chi connectivity index (χ2v) is 10.5. The van der Waals surface area contributed by atoms with Gasteiger partial charge in [-0.3, -0.25) is 4.79 Å². The molecule has 0 fully saturated rings. The van der Waals surface area contributed by atoms with Crippen molar-refractivity contribution < 1.29 is 18.0 Å². The number of benzene rings is 1. The van der Waals surface area contributed by atoms with Gasteiger partial charge in [-0.2, -0.15) is 23.2 Å². The summed E-state index contributed by atoms with van der Waals surface area (Å²) in [6.45, 7) is 6.35. The van der Waals surface area contributed by atoms with Crippen molar-refractivity contribution in [2.24, 2.45) is 11.3 Å². The third-order valence-corrected chi connectivity index (χ3v) is 7.21. The van der Waals surface area contributed by atoms with Gasteiger partial charge in [-0.15, -0.1) is 21.5 Å². The molecule has 0 aliphatic heterocycles. The molecule has 1 amide bonds. The summed E-state index contributed by atoms with van der Waals surface area (Å²) in [6, 6.07) is 6.81. The fraction of sp³-hybridized carbons (Fsp3) is 0.435. The first-order chi connectivity index (χ1) is 16.0. The van der Waals surface area contributed by atoms with E-state index in [1.54, 1.807) is 0 Å². The maximum absolute atomic E-state index is 13.0. The maximum atomic E-state index is 13.0. The van der Waals surface area contributed by atoms with Crippen LogP contribution in [0, 0.1) is 22.7 Å². The number of nitrogens with one attached hydrogen (secondary N) is 1. The molecule has 4 rings (SSSR count). The summed E-state index contributed by atoms with van der Waals surface area (Å²) >= 11 is 1.42. The minimum atomic E-state index is -4.49. The molecule has 1 aromatic carbocycles. The number of thiophene rings is 1. The standard InChI is InChI=1S/C23H23F3N6OS/c1-22(2,3)14-7-8-16-17(11-27)21(34-18(16)10-14)28-19(33)12-32-30-20(29-31-32)13-5-4-6-15(9-13)23(24,25)26/h4-6,9,14H,7-8,10,12H2,1-3H3,(H,28,33)/t14-/m0/s1. The van der Waals surface area contributed by atoms with Crippen molar-refractivity contribution in [3.05, 3.63) is 45.8 Å². The van der Waals surface area contributed by atoms with E-state index in [0.29, 0.717) is 16.5 Å². The number of nitriles is 1. The monoisotopic (exact) mass is 488 g/mol. The van der Waals surface area contributed by atoms with Crippen LogP contribution >= 0.6 is 11.3 Å². The van der Waals surface area contributed by atoms with Gasteiger partial charge in [0, 0.05) is 10.4 Å². The lowest BCUT2D eigenvalue weighted by molar-refractivity contribution is -0.137. The van der Waals surface area contributed by atoms with Crippen LogP contribution in [0.2, 0.25) is 0 Å². The third kappa shape index (κ3) is 4.97. The minimum Gasteiger partial charge on any atom is -0.315 e. The summed E-state index contributed by atoms with van der Waals surface area (Å²) in [6.07, 6.45) is -1.82. The molecule has 0 saturated carbocycles. The highest BCUT2D eigenvalue weighted by Crippen LogP contribution is 2.44. The summed E-state index contributed by atoms with van der Waals surface area (Å²) < 4.78 is 38.9. The number of hydrogen-bond acceptors (Lipinski definition) is 6. The van der Waals surface area contributed by atoms with Crippen molar-refractivity contribution in [3.8, 4) is 17.5 Å². The van der Waals surface area contributed by atoms with Gasteiger partial charge in [0.1, 0.15) is 17.6 Å². The van der Waals surface area contributed by atoms with Crippen LogP contribution in [0.15, 0.2) is 24.3 Å². The average molecular weight is 489 g/mol. The van der Waals surface area contributed by atoms with Crippen LogP contribution in [-0.4, -0.2) is 26.1 Å². The molecule has 1 aliphatic rings. The van der Waals surface area contributed by atoms with Gasteiger partial charge in [-0.05, 0) is 53.5 Å². The topological polar surface area (TPSA) is 96.5 Å². The minimum absolute atomic E-state index is 0.0172. The first-order valence-corrected chi connectivity index (χ1v) is 11.6. The van der Waals surface area contributed by atoms with Crippen molar-refractivity contribution in [2.75, 3.05) is 5.32 Å². The highest BCUT2D eigenvalue weighted by atomic mass is 32.1. The van der Waals surface area contributed by atoms with E-state index in [1.165, 1.54) is 23.5 Å². The molecule has 3 aromatic rings. The summed E-state index contributed by atoms with van der Waals surface area (Å²) in [5.74, 6) is 0.0363. The Hall–Kier alpha value is -3.26. The van der Waals surface area contributed by atoms with E-state index in [9.17, 15) is 23.2 Å². The SMILES string of the molecule is CC(C)(C)[C@H]1CCc2c(sc(NC(=O)Cn3nnc(-c4cccc(C(F)(F)F)c4)n3)c2C#N)C1. The summed E-state index contributed by atoms with van der Waals surface area (Å²) in [4.78, 5) is 14.8. The molecular weight excluding hydrogens is 465 g/mol. The largest absolute Gasteiger partial charge is 0.416 e. The predicted molar refractivity (Wildman–Crippen MR) is 121 cm³/mol. The van der Waals surface area contributed by atoms with E-state index >= 15 is 0 Å². The molecule has 7 nitrogen and oxygen atoms in total. The molecule has 0 saturated heterocycles. The molecule has 11 heteroatoms. The van der Waals surface area contributed by atoms with Gasteiger partial charge in [-0.1, -0.05) is 32.9 Å². The van der Waals surface area contributed by atoms with E-state index in [0.717, 1.165) is 46.6 Å². The molecule has 34 heavy (non-hydrogen) atoms. The highest BCUT2D eigenvalue weighted by Gasteiger charge is 2.33. The number of nitrogens with zero attached hydrogens (tertiary/aromatic N) is 5. The quantitative estimate of drug-likeness (QED) is 0.552. The number of rotatable bonds is 4. The van der Waals surface area contributed by atoms with Crippen LogP contribution in [0.3, 0.4) is 0 Å². The van der Waals surface area contributed by atoms with Gasteiger partial charge >= 0.3 is 6.18 Å². The molecule has 0 bridgehead atoms. The van der Waals surface area contributed by atoms with E-state index in [1.807, 2.05) is 0 Å². The zero-order chi connectivity index (χ0) is 24.7. The summed E-state index contributed by atoms with van der Waals surface area (Å²) in [7, 11) is 0. The van der Waals surface area contributed by atoms with Crippen LogP contribution in [0.5, 0.6) is 0 Å². The van der Waals surface area contributed by atoms with E-state index < -0.39 is 17.6 Å². The van der Waals surface area contributed by atoms with Crippen LogP contribution < -0.4 is 5.32 Å². The lowest BCUT2D eigenvalue weighted by Gasteiger charge is -2.33. The third-order valence-electron chi connectivity index (χ3n) is 6.04. The van der Waals surface area contributed by atoms with Crippen LogP contribution in [0.1, 0.15) is 48.8 Å². The Balaban J connectivity index is 1.47. The van der Waals surface area contributed by atoms with E-state index in [2.05, 4.69) is 47.6 Å². The van der Waals surface area contributed by atoms with Crippen molar-refractivity contribution in [1.82, 2.24) is 20.2 Å². The van der Waals surface area contributed by atoms with Crippen molar-refractivity contribution in [1.29, 1.82) is 5.26 Å². The fourth-order valence-corrected chi connectivity index (χ4v) is 5.38. The lowest BCUT2D eigenvalue weighted by Crippen LogP contribution is -2.26. The molecule has 2 aromatic heterocycles. The number of tetrazole rings is 1. The van der Waals surface area contributed by atoms with Crippen LogP contribution in [0.4, 0.5) is 18.2 Å². The first-order valence-electron chi connectivity index (χ1n) is 10.8. The number of anilines is 1. The Morgan fingerprint density at radius 1 is 1.32 bits per heavy atom. The van der Waals surface area contributed by atoms with E-state index in [-0.39, 0.29) is 23.3 Å². The number of alkyl halides is 3. The Morgan fingerprint density at radius 3 is 2.76 bits per heavy atom. The maximum Gasteiger partial charge on any atom is 0.416 e. The van der Waals surface area contributed by atoms with Crippen molar-refractivity contribution in [3.63, 3.8) is 0 Å². The van der Waals surface area contributed by atoms with E-state index in [4.69, 9.17) is 0 Å². The van der Waals surface area contributed by atoms with Crippen molar-refractivity contribution >= 4 is 22.2 Å². The van der Waals surface area contributed by atoms with Gasteiger partial charge in [0.15, 0.2) is 0 Å². The normalized spacial score (nSPS) is 16.1. The lowest BCUT2D eigenvalue weighted by atomic mass is 9.72. The Bertz CT molecular complexity index is 1260. The zero-order valence-electron chi connectivity index (χ0n) is 18.9. The number of hydrogen-bond donors (Lipinski definition) is 1. The molecule has 1 aliphatic carbocycles. The van der Waals surface area contributed by atoms with Crippen LogP contribution in [-0.2, 0) is 30.4 Å². The molecule has 0 spiro atoms. The molecule has 0 unspecified atom stereocenters. The summed E-state index contributed by atoms with van der Waals surface area (Å²) in [5, 5.41) is 24.6. The molecule has 1 atom stereocenters. The number of carbonyl (C=O) groups is 1. The van der Waals surface area contributed by atoms with Crippen LogP contribution in [0.25, 0.3) is 11.4 Å². The van der Waals surface area contributed by atoms with Gasteiger partial charge < -0.3 is 5.32 Å². The number of amides is 1. The Labute approximate surface area is 198 Å². The van der Waals surface area contributed by atoms with Gasteiger partial charge in [0.05, 0.1) is 11.1 Å². The van der Waals surface area contributed by atoms with Crippen molar-refractivity contribution in [2.45, 2.75) is 52.8 Å². The molecule has 1 N–H and O–H groups in total. The average Bonchev–Trinajstić information content (AvgIpc) is 3.35. The zero-order valence-corrected chi connectivity index (χ0v) is 19.7. The number of fused-ring (bicyclic) bond motifs is 1. The fourth-order valence-electron chi connectivity index (χ4n) is 4.09. The molecule has 0 radical (unpaired) electrons. The number of carbonyl (C=O) groups excluding carboxylic acids is 1. The summed E-state index contributed by atoms with van der Waals surface area (Å²) in [5.41, 5.74) is 0.991.